The summed E-state index contributed by atoms with van der Waals surface area (Å²) >= 11 is 0. The molecule has 9 nitrogen and oxygen atoms in total. The molecule has 32 heavy (non-hydrogen) atoms. The van der Waals surface area contributed by atoms with E-state index in [1.807, 2.05) is 0 Å². The highest BCUT2D eigenvalue weighted by molar-refractivity contribution is 6.06. The molecular formula is C20H17F3N6O3. The smallest absolute Gasteiger partial charge is 0.416 e. The van der Waals surface area contributed by atoms with Gasteiger partial charge in [0, 0.05) is 11.4 Å². The third kappa shape index (κ3) is 3.98. The number of benzene rings is 1. The van der Waals surface area contributed by atoms with E-state index in [-0.39, 0.29) is 24.7 Å². The normalized spacial score (nSPS) is 13.3. The average Bonchev–Trinajstić information content (AvgIpc) is 3.14. The van der Waals surface area contributed by atoms with Gasteiger partial charge in [-0.3, -0.25) is 9.59 Å². The number of anilines is 2. The summed E-state index contributed by atoms with van der Waals surface area (Å²) in [6.45, 7) is 1.17. The van der Waals surface area contributed by atoms with Gasteiger partial charge in [-0.15, -0.1) is 5.10 Å². The van der Waals surface area contributed by atoms with Gasteiger partial charge >= 0.3 is 6.18 Å². The number of carbonyl (C=O) groups excluding carboxylic acids is 2. The van der Waals surface area contributed by atoms with Crippen LogP contribution in [0, 0.1) is 6.92 Å². The minimum atomic E-state index is -4.48. The van der Waals surface area contributed by atoms with Crippen molar-refractivity contribution in [1.82, 2.24) is 20.0 Å². The lowest BCUT2D eigenvalue weighted by Crippen LogP contribution is -2.39. The second-order valence-corrected chi connectivity index (χ2v) is 7.05. The number of aryl methyl sites for hydroxylation is 1. The molecule has 3 heterocycles. The van der Waals surface area contributed by atoms with Crippen molar-refractivity contribution in [1.29, 1.82) is 0 Å². The Morgan fingerprint density at radius 3 is 2.62 bits per heavy atom. The van der Waals surface area contributed by atoms with Crippen molar-refractivity contribution in [2.75, 3.05) is 23.9 Å². The van der Waals surface area contributed by atoms with Crippen molar-refractivity contribution >= 4 is 23.2 Å². The fraction of sp³-hybridized carbons (Fsp3) is 0.250. The monoisotopic (exact) mass is 446 g/mol. The lowest BCUT2D eigenvalue weighted by molar-refractivity contribution is -0.137. The maximum Gasteiger partial charge on any atom is 0.416 e. The van der Waals surface area contributed by atoms with Gasteiger partial charge in [0.05, 0.1) is 35.8 Å². The Morgan fingerprint density at radius 2 is 1.97 bits per heavy atom. The van der Waals surface area contributed by atoms with Crippen LogP contribution in [0.1, 0.15) is 11.3 Å². The first-order valence-electron chi connectivity index (χ1n) is 9.39. The van der Waals surface area contributed by atoms with E-state index < -0.39 is 23.6 Å². The minimum absolute atomic E-state index is 0.167. The van der Waals surface area contributed by atoms with Crippen LogP contribution in [0.15, 0.2) is 36.5 Å². The molecule has 0 radical (unpaired) electrons. The zero-order chi connectivity index (χ0) is 23.0. The quantitative estimate of drug-likeness (QED) is 0.661. The van der Waals surface area contributed by atoms with Crippen LogP contribution in [0.5, 0.6) is 5.88 Å². The molecule has 1 aromatic carbocycles. The molecule has 2 aromatic heterocycles. The molecule has 0 saturated carbocycles. The molecule has 0 spiro atoms. The van der Waals surface area contributed by atoms with E-state index in [0.717, 1.165) is 24.3 Å². The molecule has 0 bridgehead atoms. The van der Waals surface area contributed by atoms with Gasteiger partial charge in [-0.2, -0.15) is 13.2 Å². The maximum atomic E-state index is 13.0. The summed E-state index contributed by atoms with van der Waals surface area (Å²) in [6, 6.07) is 5.68. The highest BCUT2D eigenvalue weighted by Gasteiger charge is 2.32. The summed E-state index contributed by atoms with van der Waals surface area (Å²) in [5.74, 6) is -0.771. The molecule has 1 aliphatic heterocycles. The first kappa shape index (κ1) is 21.3. The van der Waals surface area contributed by atoms with E-state index in [1.54, 1.807) is 13.0 Å². The van der Waals surface area contributed by atoms with Crippen LogP contribution in [-0.4, -0.2) is 45.4 Å². The van der Waals surface area contributed by atoms with E-state index in [9.17, 15) is 22.8 Å². The number of alkyl halides is 3. The van der Waals surface area contributed by atoms with E-state index >= 15 is 0 Å². The van der Waals surface area contributed by atoms with Crippen molar-refractivity contribution in [3.63, 3.8) is 0 Å². The molecule has 2 amide bonds. The number of nitrogens with zero attached hydrogens (tertiary/aromatic N) is 5. The van der Waals surface area contributed by atoms with Gasteiger partial charge in [-0.25, -0.2) is 9.67 Å². The molecule has 3 aromatic rings. The van der Waals surface area contributed by atoms with Crippen LogP contribution >= 0.6 is 0 Å². The fourth-order valence-corrected chi connectivity index (χ4v) is 3.41. The first-order chi connectivity index (χ1) is 15.2. The number of ether oxygens (including phenoxy) is 1. The van der Waals surface area contributed by atoms with Crippen LogP contribution in [-0.2, 0) is 22.3 Å². The van der Waals surface area contributed by atoms with Crippen LogP contribution in [0.3, 0.4) is 0 Å². The molecule has 0 unspecified atom stereocenters. The molecule has 0 fully saturated rings. The number of fused-ring (bicyclic) bond motifs is 3. The molecule has 12 heteroatoms. The largest absolute Gasteiger partial charge is 0.480 e. The third-order valence-electron chi connectivity index (χ3n) is 4.84. The highest BCUT2D eigenvalue weighted by Crippen LogP contribution is 2.39. The topological polar surface area (TPSA) is 102 Å². The number of rotatable bonds is 4. The number of nitrogens with one attached hydrogen (secondary N) is 1. The van der Waals surface area contributed by atoms with Gasteiger partial charge in [-0.1, -0.05) is 5.21 Å². The molecule has 0 saturated heterocycles. The van der Waals surface area contributed by atoms with Crippen LogP contribution < -0.4 is 15.0 Å². The number of pyridine rings is 1. The minimum Gasteiger partial charge on any atom is -0.480 e. The summed E-state index contributed by atoms with van der Waals surface area (Å²) < 4.78 is 45.0. The molecule has 0 aliphatic carbocycles. The molecule has 4 rings (SSSR count). The maximum absolute atomic E-state index is 13.0. The van der Waals surface area contributed by atoms with Crippen LogP contribution in [0.2, 0.25) is 0 Å². The van der Waals surface area contributed by atoms with E-state index in [2.05, 4.69) is 20.6 Å². The summed E-state index contributed by atoms with van der Waals surface area (Å²) in [5.41, 5.74) is 1.25. The van der Waals surface area contributed by atoms with Gasteiger partial charge in [0.1, 0.15) is 13.1 Å². The van der Waals surface area contributed by atoms with Crippen LogP contribution in [0.25, 0.3) is 11.3 Å². The van der Waals surface area contributed by atoms with Gasteiger partial charge < -0.3 is 15.0 Å². The number of hydrogen-bond acceptors (Lipinski definition) is 6. The lowest BCUT2D eigenvalue weighted by Gasteiger charge is -2.23. The summed E-state index contributed by atoms with van der Waals surface area (Å²) in [7, 11) is 1.44. The summed E-state index contributed by atoms with van der Waals surface area (Å²) in [6.07, 6.45) is -3.01. The van der Waals surface area contributed by atoms with Crippen molar-refractivity contribution < 1.29 is 27.5 Å². The molecule has 166 valence electrons. The molecule has 1 N–H and O–H groups in total. The number of carbonyl (C=O) groups is 2. The Hall–Kier alpha value is -3.96. The number of hydrogen-bond donors (Lipinski definition) is 1. The van der Waals surface area contributed by atoms with E-state index in [4.69, 9.17) is 4.74 Å². The van der Waals surface area contributed by atoms with Gasteiger partial charge in [0.15, 0.2) is 0 Å². The predicted octanol–water partition coefficient (Wildman–Crippen LogP) is 2.66. The molecule has 0 atom stereocenters. The third-order valence-corrected chi connectivity index (χ3v) is 4.84. The highest BCUT2D eigenvalue weighted by atomic mass is 19.4. The Balaban J connectivity index is 1.64. The second-order valence-electron chi connectivity index (χ2n) is 7.05. The number of halogens is 3. The Morgan fingerprint density at radius 1 is 1.25 bits per heavy atom. The van der Waals surface area contributed by atoms with Crippen LogP contribution in [0.4, 0.5) is 24.5 Å². The fourth-order valence-electron chi connectivity index (χ4n) is 3.41. The first-order valence-corrected chi connectivity index (χ1v) is 9.39. The predicted molar refractivity (Wildman–Crippen MR) is 107 cm³/mol. The van der Waals surface area contributed by atoms with Crippen molar-refractivity contribution in [2.45, 2.75) is 19.6 Å². The Bertz CT molecular complexity index is 1190. The number of aromatic nitrogens is 4. The van der Waals surface area contributed by atoms with Crippen molar-refractivity contribution in [3.8, 4) is 17.1 Å². The molecule has 1 aliphatic rings. The van der Waals surface area contributed by atoms with Gasteiger partial charge in [0.25, 0.3) is 0 Å². The zero-order valence-electron chi connectivity index (χ0n) is 17.0. The Labute approximate surface area is 179 Å². The second kappa shape index (κ2) is 7.94. The van der Waals surface area contributed by atoms with E-state index in [1.165, 1.54) is 22.9 Å². The van der Waals surface area contributed by atoms with E-state index in [0.29, 0.717) is 22.6 Å². The SMILES string of the molecule is COc1nc(C)cc2c1-c1cnnn1CC(=O)N2CC(=O)Nc1ccc(C(F)(F)F)cc1. The Kier molecular flexibility index (Phi) is 5.28. The lowest BCUT2D eigenvalue weighted by atomic mass is 10.1. The van der Waals surface area contributed by atoms with Gasteiger partial charge in [-0.05, 0) is 37.3 Å². The summed E-state index contributed by atoms with van der Waals surface area (Å²) in [4.78, 5) is 31.2. The van der Waals surface area contributed by atoms with Crippen molar-refractivity contribution in [2.24, 2.45) is 0 Å². The summed E-state index contributed by atoms with van der Waals surface area (Å²) in [5, 5.41) is 10.3. The zero-order valence-corrected chi connectivity index (χ0v) is 17.0. The van der Waals surface area contributed by atoms with Crippen molar-refractivity contribution in [3.05, 3.63) is 47.8 Å². The van der Waals surface area contributed by atoms with Gasteiger partial charge in [0.2, 0.25) is 17.7 Å². The number of amides is 2. The standard InChI is InChI=1S/C20H17F3N6O3/c1-11-7-14-18(19(25-11)32-2)15-8-24-27-29(15)10-17(31)28(14)9-16(30)26-13-5-3-12(4-6-13)20(21,22)23/h3-8H,9-10H2,1-2H3,(H,26,30). The molecular weight excluding hydrogens is 429 g/mol. The number of methoxy groups -OCH3 is 1. The average molecular weight is 446 g/mol.